The Labute approximate surface area is 203 Å². The van der Waals surface area contributed by atoms with E-state index in [-0.39, 0.29) is 18.4 Å². The van der Waals surface area contributed by atoms with Crippen molar-refractivity contribution in [1.82, 2.24) is 10.2 Å². The minimum absolute atomic E-state index is 0.240. The lowest BCUT2D eigenvalue weighted by Gasteiger charge is -2.24. The average molecular weight is 474 g/mol. The molecule has 0 bridgehead atoms. The molecule has 180 valence electrons. The number of cyclic esters (lactones) is 1. The quantitative estimate of drug-likeness (QED) is 0.512. The second-order valence-electron chi connectivity index (χ2n) is 8.07. The summed E-state index contributed by atoms with van der Waals surface area (Å²) in [6.07, 6.45) is -1.40. The van der Waals surface area contributed by atoms with Gasteiger partial charge in [0.25, 0.3) is 5.91 Å². The summed E-state index contributed by atoms with van der Waals surface area (Å²) in [5.41, 5.74) is 2.45. The summed E-state index contributed by atoms with van der Waals surface area (Å²) < 4.78 is 10.9. The van der Waals surface area contributed by atoms with Crippen LogP contribution in [0.4, 0.5) is 10.5 Å². The number of methoxy groups -OCH3 is 1. The van der Waals surface area contributed by atoms with E-state index in [2.05, 4.69) is 10.6 Å². The summed E-state index contributed by atoms with van der Waals surface area (Å²) in [5, 5.41) is 5.66. The fourth-order valence-electron chi connectivity index (χ4n) is 4.03. The maximum Gasteiger partial charge on any atom is 0.411 e. The Morgan fingerprint density at radius 1 is 1.00 bits per heavy atom. The number of amides is 3. The van der Waals surface area contributed by atoms with Crippen LogP contribution < -0.4 is 15.4 Å². The highest BCUT2D eigenvalue weighted by atomic mass is 16.6. The molecule has 1 fully saturated rings. The Morgan fingerprint density at radius 3 is 2.51 bits per heavy atom. The van der Waals surface area contributed by atoms with Crippen LogP contribution in [0.2, 0.25) is 0 Å². The first-order valence-electron chi connectivity index (χ1n) is 11.3. The smallest absolute Gasteiger partial charge is 0.411 e. The van der Waals surface area contributed by atoms with Crippen molar-refractivity contribution in [2.75, 3.05) is 19.0 Å². The van der Waals surface area contributed by atoms with Crippen molar-refractivity contribution in [1.29, 1.82) is 0 Å². The number of likely N-dealkylation sites (N-methyl/N-ethyl adjacent to an activating group) is 1. The van der Waals surface area contributed by atoms with Crippen molar-refractivity contribution in [2.24, 2.45) is 0 Å². The highest BCUT2D eigenvalue weighted by Crippen LogP contribution is 2.35. The number of anilines is 1. The zero-order valence-corrected chi connectivity index (χ0v) is 19.6. The van der Waals surface area contributed by atoms with Crippen LogP contribution in [-0.2, 0) is 16.1 Å². The Balaban J connectivity index is 1.58. The zero-order chi connectivity index (χ0) is 24.8. The largest absolute Gasteiger partial charge is 0.497 e. The molecule has 8 heteroatoms. The lowest BCUT2D eigenvalue weighted by atomic mass is 10.00. The van der Waals surface area contributed by atoms with Crippen molar-refractivity contribution in [3.63, 3.8) is 0 Å². The van der Waals surface area contributed by atoms with Crippen LogP contribution in [-0.4, -0.2) is 42.5 Å². The summed E-state index contributed by atoms with van der Waals surface area (Å²) in [4.78, 5) is 40.0. The summed E-state index contributed by atoms with van der Waals surface area (Å²) in [6, 6.07) is 22.4. The number of benzene rings is 3. The summed E-state index contributed by atoms with van der Waals surface area (Å²) in [7, 11) is 1.54. The first kappa shape index (κ1) is 23.8. The Morgan fingerprint density at radius 2 is 1.77 bits per heavy atom. The van der Waals surface area contributed by atoms with Gasteiger partial charge < -0.3 is 20.1 Å². The molecule has 3 aromatic rings. The maximum absolute atomic E-state index is 13.0. The van der Waals surface area contributed by atoms with Gasteiger partial charge in [-0.2, -0.15) is 0 Å². The molecule has 2 unspecified atom stereocenters. The third-order valence-electron chi connectivity index (χ3n) is 5.71. The van der Waals surface area contributed by atoms with Crippen LogP contribution in [0.1, 0.15) is 34.5 Å². The van der Waals surface area contributed by atoms with Gasteiger partial charge in [-0.25, -0.2) is 4.79 Å². The number of nitrogens with one attached hydrogen (secondary N) is 2. The van der Waals surface area contributed by atoms with Crippen molar-refractivity contribution in [3.8, 4) is 5.75 Å². The summed E-state index contributed by atoms with van der Waals surface area (Å²) >= 11 is 0. The number of hydrogen-bond donors (Lipinski definition) is 2. The van der Waals surface area contributed by atoms with E-state index in [1.54, 1.807) is 48.5 Å². The van der Waals surface area contributed by atoms with Gasteiger partial charge in [0.1, 0.15) is 5.75 Å². The molecule has 35 heavy (non-hydrogen) atoms. The normalized spacial score (nSPS) is 17.0. The summed E-state index contributed by atoms with van der Waals surface area (Å²) in [6.45, 7) is 2.48. The fraction of sp³-hybridized carbons (Fsp3) is 0.222. The number of carbonyl (C=O) groups is 3. The number of rotatable bonds is 8. The Hall–Kier alpha value is -4.33. The first-order chi connectivity index (χ1) is 17.0. The molecular formula is C27H27N3O5. The van der Waals surface area contributed by atoms with Gasteiger partial charge in [0, 0.05) is 17.8 Å². The van der Waals surface area contributed by atoms with Gasteiger partial charge in [-0.1, -0.05) is 48.5 Å². The van der Waals surface area contributed by atoms with Crippen LogP contribution in [0.25, 0.3) is 0 Å². The van der Waals surface area contributed by atoms with Gasteiger partial charge in [-0.3, -0.25) is 14.5 Å². The standard InChI is InChI=1S/C27H27N3O5/c1-3-28-26(32)23-24(35-27(33)30(23)17-18-9-5-4-6-10-18)19-11-7-13-21(15-19)29-25(31)20-12-8-14-22(16-20)34-2/h4-16,23-24H,3,17H2,1-2H3,(H,28,32)(H,29,31). The molecule has 0 aromatic heterocycles. The van der Waals surface area contributed by atoms with Gasteiger partial charge in [-0.05, 0) is 48.4 Å². The molecular weight excluding hydrogens is 446 g/mol. The Kier molecular flexibility index (Phi) is 7.30. The van der Waals surface area contributed by atoms with Crippen LogP contribution in [0, 0.1) is 0 Å². The third-order valence-corrected chi connectivity index (χ3v) is 5.71. The van der Waals surface area contributed by atoms with Gasteiger partial charge in [-0.15, -0.1) is 0 Å². The topological polar surface area (TPSA) is 97.0 Å². The van der Waals surface area contributed by atoms with E-state index in [9.17, 15) is 14.4 Å². The molecule has 1 aliphatic rings. The molecule has 1 saturated heterocycles. The molecule has 3 amide bonds. The molecule has 3 aromatic carbocycles. The molecule has 4 rings (SSSR count). The SMILES string of the molecule is CCNC(=O)C1C(c2cccc(NC(=O)c3cccc(OC)c3)c2)OC(=O)N1Cc1ccccc1. The van der Waals surface area contributed by atoms with Gasteiger partial charge >= 0.3 is 6.09 Å². The van der Waals surface area contributed by atoms with E-state index in [0.717, 1.165) is 5.56 Å². The van der Waals surface area contributed by atoms with Gasteiger partial charge in [0.15, 0.2) is 12.1 Å². The third kappa shape index (κ3) is 5.43. The Bertz CT molecular complexity index is 1210. The molecule has 1 heterocycles. The van der Waals surface area contributed by atoms with E-state index in [0.29, 0.717) is 29.1 Å². The summed E-state index contributed by atoms with van der Waals surface area (Å²) in [5.74, 6) is -0.0342. The molecule has 0 radical (unpaired) electrons. The number of ether oxygens (including phenoxy) is 2. The van der Waals surface area contributed by atoms with E-state index >= 15 is 0 Å². The molecule has 0 spiro atoms. The highest BCUT2D eigenvalue weighted by Gasteiger charge is 2.46. The lowest BCUT2D eigenvalue weighted by Crippen LogP contribution is -2.46. The second-order valence-corrected chi connectivity index (χ2v) is 8.07. The minimum Gasteiger partial charge on any atom is -0.497 e. The molecule has 2 N–H and O–H groups in total. The van der Waals surface area contributed by atoms with E-state index in [1.807, 2.05) is 37.3 Å². The maximum atomic E-state index is 13.0. The van der Waals surface area contributed by atoms with Crippen molar-refractivity contribution in [3.05, 3.63) is 95.6 Å². The van der Waals surface area contributed by atoms with Crippen LogP contribution in [0.3, 0.4) is 0 Å². The van der Waals surface area contributed by atoms with E-state index in [4.69, 9.17) is 9.47 Å². The fourth-order valence-corrected chi connectivity index (χ4v) is 4.03. The van der Waals surface area contributed by atoms with Crippen LogP contribution in [0.15, 0.2) is 78.9 Å². The highest BCUT2D eigenvalue weighted by molar-refractivity contribution is 6.04. The predicted molar refractivity (Wildman–Crippen MR) is 131 cm³/mol. The number of carbonyl (C=O) groups excluding carboxylic acids is 3. The van der Waals surface area contributed by atoms with Crippen LogP contribution >= 0.6 is 0 Å². The second kappa shape index (κ2) is 10.7. The lowest BCUT2D eigenvalue weighted by molar-refractivity contribution is -0.126. The number of hydrogen-bond acceptors (Lipinski definition) is 5. The zero-order valence-electron chi connectivity index (χ0n) is 19.6. The van der Waals surface area contributed by atoms with Gasteiger partial charge in [0.2, 0.25) is 5.91 Å². The van der Waals surface area contributed by atoms with Crippen molar-refractivity contribution >= 4 is 23.6 Å². The molecule has 0 aliphatic carbocycles. The molecule has 1 aliphatic heterocycles. The van der Waals surface area contributed by atoms with Crippen molar-refractivity contribution in [2.45, 2.75) is 25.6 Å². The monoisotopic (exact) mass is 473 g/mol. The predicted octanol–water partition coefficient (Wildman–Crippen LogP) is 4.15. The molecule has 8 nitrogen and oxygen atoms in total. The van der Waals surface area contributed by atoms with E-state index in [1.165, 1.54) is 12.0 Å². The molecule has 2 atom stereocenters. The van der Waals surface area contributed by atoms with Gasteiger partial charge in [0.05, 0.1) is 13.7 Å². The van der Waals surface area contributed by atoms with E-state index < -0.39 is 18.2 Å². The number of nitrogens with zero attached hydrogens (tertiary/aromatic N) is 1. The average Bonchev–Trinajstić information content (AvgIpc) is 3.21. The first-order valence-corrected chi connectivity index (χ1v) is 11.3. The van der Waals surface area contributed by atoms with Crippen LogP contribution in [0.5, 0.6) is 5.75 Å². The minimum atomic E-state index is -0.855. The van der Waals surface area contributed by atoms with Crippen molar-refractivity contribution < 1.29 is 23.9 Å². The molecule has 0 saturated carbocycles.